The molecular formula is C9H13N3O3S. The second kappa shape index (κ2) is 4.25. The lowest BCUT2D eigenvalue weighted by molar-refractivity contribution is -0.115. The fourth-order valence-corrected chi connectivity index (χ4v) is 2.82. The quantitative estimate of drug-likeness (QED) is 0.638. The molecule has 6 nitrogen and oxygen atoms in total. The Morgan fingerprint density at radius 2 is 2.38 bits per heavy atom. The SMILES string of the molecule is O=C(NC1C=CS(=O)(=O)C1)C1=NCCCN1. The highest BCUT2D eigenvalue weighted by Crippen LogP contribution is 2.07. The first-order chi connectivity index (χ1) is 7.57. The number of sulfone groups is 1. The molecule has 2 rings (SSSR count). The molecule has 16 heavy (non-hydrogen) atoms. The molecule has 88 valence electrons. The van der Waals surface area contributed by atoms with E-state index in [0.717, 1.165) is 18.4 Å². The number of nitrogens with zero attached hydrogens (tertiary/aromatic N) is 1. The second-order valence-corrected chi connectivity index (χ2v) is 5.68. The molecular weight excluding hydrogens is 230 g/mol. The van der Waals surface area contributed by atoms with E-state index in [1.165, 1.54) is 6.08 Å². The number of nitrogens with one attached hydrogen (secondary N) is 2. The Hall–Kier alpha value is -1.37. The summed E-state index contributed by atoms with van der Waals surface area (Å²) in [6, 6.07) is -0.441. The molecule has 2 aliphatic rings. The van der Waals surface area contributed by atoms with Crippen molar-refractivity contribution in [3.8, 4) is 0 Å². The van der Waals surface area contributed by atoms with Gasteiger partial charge in [0.25, 0.3) is 5.91 Å². The van der Waals surface area contributed by atoms with Crippen LogP contribution in [0.5, 0.6) is 0 Å². The van der Waals surface area contributed by atoms with Gasteiger partial charge in [-0.3, -0.25) is 9.79 Å². The standard InChI is InChI=1S/C9H13N3O3S/c13-9(8-10-3-1-4-11-8)12-7-2-5-16(14,15)6-7/h2,5,7H,1,3-4,6H2,(H,10,11)(H,12,13). The zero-order chi connectivity index (χ0) is 11.6. The van der Waals surface area contributed by atoms with Crippen molar-refractivity contribution in [3.05, 3.63) is 11.5 Å². The van der Waals surface area contributed by atoms with Crippen molar-refractivity contribution in [2.75, 3.05) is 18.8 Å². The molecule has 0 saturated carbocycles. The van der Waals surface area contributed by atoms with Crippen LogP contribution in [0.4, 0.5) is 0 Å². The monoisotopic (exact) mass is 243 g/mol. The average Bonchev–Trinajstić information content (AvgIpc) is 2.59. The Morgan fingerprint density at radius 1 is 1.56 bits per heavy atom. The predicted molar refractivity (Wildman–Crippen MR) is 59.8 cm³/mol. The third kappa shape index (κ3) is 2.60. The van der Waals surface area contributed by atoms with E-state index in [9.17, 15) is 13.2 Å². The maximum absolute atomic E-state index is 11.6. The summed E-state index contributed by atoms with van der Waals surface area (Å²) < 4.78 is 22.2. The van der Waals surface area contributed by atoms with Gasteiger partial charge in [0.2, 0.25) is 0 Å². The minimum atomic E-state index is -3.13. The largest absolute Gasteiger partial charge is 0.366 e. The summed E-state index contributed by atoms with van der Waals surface area (Å²) in [5, 5.41) is 6.62. The summed E-state index contributed by atoms with van der Waals surface area (Å²) in [6.07, 6.45) is 2.39. The van der Waals surface area contributed by atoms with E-state index in [1.807, 2.05) is 0 Å². The number of carbonyl (C=O) groups excluding carboxylic acids is 1. The minimum Gasteiger partial charge on any atom is -0.366 e. The van der Waals surface area contributed by atoms with Crippen molar-refractivity contribution < 1.29 is 13.2 Å². The smallest absolute Gasteiger partial charge is 0.286 e. The molecule has 2 heterocycles. The van der Waals surface area contributed by atoms with Crippen LogP contribution in [0.2, 0.25) is 0 Å². The number of amidine groups is 1. The number of amides is 1. The topological polar surface area (TPSA) is 87.6 Å². The molecule has 0 spiro atoms. The van der Waals surface area contributed by atoms with Crippen molar-refractivity contribution in [3.63, 3.8) is 0 Å². The van der Waals surface area contributed by atoms with E-state index < -0.39 is 15.9 Å². The van der Waals surface area contributed by atoms with Crippen molar-refractivity contribution >= 4 is 21.6 Å². The van der Waals surface area contributed by atoms with Crippen LogP contribution in [-0.4, -0.2) is 45.0 Å². The van der Waals surface area contributed by atoms with E-state index in [4.69, 9.17) is 0 Å². The van der Waals surface area contributed by atoms with E-state index in [0.29, 0.717) is 12.4 Å². The first kappa shape index (κ1) is 11.1. The van der Waals surface area contributed by atoms with Crippen LogP contribution in [0, 0.1) is 0 Å². The van der Waals surface area contributed by atoms with Crippen molar-refractivity contribution in [2.45, 2.75) is 12.5 Å². The summed E-state index contributed by atoms with van der Waals surface area (Å²) >= 11 is 0. The summed E-state index contributed by atoms with van der Waals surface area (Å²) in [5.74, 6) is -0.109. The number of hydrogen-bond donors (Lipinski definition) is 2. The van der Waals surface area contributed by atoms with E-state index >= 15 is 0 Å². The first-order valence-electron chi connectivity index (χ1n) is 5.07. The molecule has 0 aromatic rings. The zero-order valence-electron chi connectivity index (χ0n) is 8.64. The van der Waals surface area contributed by atoms with Gasteiger partial charge in [-0.2, -0.15) is 0 Å². The molecule has 0 aromatic heterocycles. The molecule has 1 atom stereocenters. The molecule has 2 N–H and O–H groups in total. The molecule has 1 amide bonds. The van der Waals surface area contributed by atoms with Crippen LogP contribution >= 0.6 is 0 Å². The van der Waals surface area contributed by atoms with Gasteiger partial charge in [-0.15, -0.1) is 0 Å². The van der Waals surface area contributed by atoms with Gasteiger partial charge in [0, 0.05) is 18.5 Å². The number of carbonyl (C=O) groups is 1. The van der Waals surface area contributed by atoms with Crippen molar-refractivity contribution in [1.82, 2.24) is 10.6 Å². The van der Waals surface area contributed by atoms with E-state index in [1.54, 1.807) is 0 Å². The van der Waals surface area contributed by atoms with Crippen molar-refractivity contribution in [2.24, 2.45) is 4.99 Å². The molecule has 7 heteroatoms. The third-order valence-corrected chi connectivity index (χ3v) is 3.75. The van der Waals surface area contributed by atoms with Crippen molar-refractivity contribution in [1.29, 1.82) is 0 Å². The highest BCUT2D eigenvalue weighted by atomic mass is 32.2. The fourth-order valence-electron chi connectivity index (χ4n) is 1.59. The van der Waals surface area contributed by atoms with Crippen LogP contribution < -0.4 is 10.6 Å². The molecule has 0 radical (unpaired) electrons. The summed E-state index contributed by atoms with van der Waals surface area (Å²) in [5.41, 5.74) is 0. The van der Waals surface area contributed by atoms with Crippen LogP contribution in [0.1, 0.15) is 6.42 Å². The molecule has 0 fully saturated rings. The number of hydrogen-bond acceptors (Lipinski definition) is 5. The molecule has 0 saturated heterocycles. The molecule has 2 aliphatic heterocycles. The normalized spacial score (nSPS) is 27.0. The lowest BCUT2D eigenvalue weighted by Gasteiger charge is -2.16. The van der Waals surface area contributed by atoms with Gasteiger partial charge >= 0.3 is 0 Å². The van der Waals surface area contributed by atoms with Crippen LogP contribution in [0.25, 0.3) is 0 Å². The highest BCUT2D eigenvalue weighted by molar-refractivity contribution is 7.94. The molecule has 0 aromatic carbocycles. The van der Waals surface area contributed by atoms with Crippen LogP contribution in [-0.2, 0) is 14.6 Å². The fraction of sp³-hybridized carbons (Fsp3) is 0.556. The lowest BCUT2D eigenvalue weighted by Crippen LogP contribution is -2.46. The zero-order valence-corrected chi connectivity index (χ0v) is 9.46. The van der Waals surface area contributed by atoms with Gasteiger partial charge in [0.15, 0.2) is 15.7 Å². The Balaban J connectivity index is 1.94. The van der Waals surface area contributed by atoms with Gasteiger partial charge in [-0.25, -0.2) is 8.42 Å². The average molecular weight is 243 g/mol. The Bertz CT molecular complexity index is 453. The molecule has 1 unspecified atom stereocenters. The van der Waals surface area contributed by atoms with Crippen LogP contribution in [0.3, 0.4) is 0 Å². The Morgan fingerprint density at radius 3 is 2.94 bits per heavy atom. The second-order valence-electron chi connectivity index (χ2n) is 3.75. The summed E-state index contributed by atoms with van der Waals surface area (Å²) in [7, 11) is -3.13. The molecule has 0 bridgehead atoms. The van der Waals surface area contributed by atoms with Gasteiger partial charge in [-0.05, 0) is 12.5 Å². The first-order valence-corrected chi connectivity index (χ1v) is 6.78. The van der Waals surface area contributed by atoms with E-state index in [2.05, 4.69) is 15.6 Å². The minimum absolute atomic E-state index is 0.0635. The summed E-state index contributed by atoms with van der Waals surface area (Å²) in [6.45, 7) is 1.36. The molecule has 0 aliphatic carbocycles. The lowest BCUT2D eigenvalue weighted by atomic mass is 10.3. The number of rotatable bonds is 2. The Labute approximate surface area is 93.7 Å². The van der Waals surface area contributed by atoms with Gasteiger partial charge < -0.3 is 10.6 Å². The third-order valence-electron chi connectivity index (χ3n) is 2.36. The summed E-state index contributed by atoms with van der Waals surface area (Å²) in [4.78, 5) is 15.7. The van der Waals surface area contributed by atoms with Gasteiger partial charge in [0.05, 0.1) is 11.8 Å². The van der Waals surface area contributed by atoms with Gasteiger partial charge in [0.1, 0.15) is 0 Å². The van der Waals surface area contributed by atoms with Crippen LogP contribution in [0.15, 0.2) is 16.5 Å². The van der Waals surface area contributed by atoms with E-state index in [-0.39, 0.29) is 11.7 Å². The maximum atomic E-state index is 11.6. The predicted octanol–water partition coefficient (Wildman–Crippen LogP) is -1.19. The maximum Gasteiger partial charge on any atom is 0.286 e. The Kier molecular flexibility index (Phi) is 2.95. The number of aliphatic imine (C=N–C) groups is 1. The highest BCUT2D eigenvalue weighted by Gasteiger charge is 2.24. The van der Waals surface area contributed by atoms with Gasteiger partial charge in [-0.1, -0.05) is 0 Å².